The molecule has 0 aliphatic heterocycles. The highest BCUT2D eigenvalue weighted by molar-refractivity contribution is 6.15. The molecule has 3 heteroatoms. The zero-order chi connectivity index (χ0) is 15.8. The lowest BCUT2D eigenvalue weighted by Crippen LogP contribution is -1.98. The van der Waals surface area contributed by atoms with E-state index in [0.29, 0.717) is 0 Å². The molecule has 0 unspecified atom stereocenters. The molecule has 0 saturated carbocycles. The first-order valence-corrected chi connectivity index (χ1v) is 8.30. The molecule has 0 amide bonds. The third kappa shape index (κ3) is 2.24. The van der Waals surface area contributed by atoms with Crippen LogP contribution in [0, 0.1) is 0 Å². The Hall–Kier alpha value is -2.55. The number of benzene rings is 3. The molecule has 3 nitrogen and oxygen atoms in total. The highest BCUT2D eigenvalue weighted by atomic mass is 16.5. The molecule has 0 atom stereocenters. The van der Waals surface area contributed by atoms with Crippen LogP contribution in [-0.4, -0.2) is 14.9 Å². The summed E-state index contributed by atoms with van der Waals surface area (Å²) in [5, 5.41) is 15.2. The van der Waals surface area contributed by atoms with Gasteiger partial charge in [-0.25, -0.2) is 4.98 Å². The lowest BCUT2D eigenvalue weighted by Gasteiger charge is -2.04. The van der Waals surface area contributed by atoms with E-state index in [-0.39, 0.29) is 0 Å². The Kier molecular flexibility index (Phi) is 3.41. The SMILES string of the molecule is CCCCCc1nc2c3ccc4ccccc4c3ccc2n1O. The van der Waals surface area contributed by atoms with Gasteiger partial charge in [0.2, 0.25) is 0 Å². The maximum Gasteiger partial charge on any atom is 0.145 e. The summed E-state index contributed by atoms with van der Waals surface area (Å²) in [6.45, 7) is 2.18. The Morgan fingerprint density at radius 3 is 2.61 bits per heavy atom. The predicted molar refractivity (Wildman–Crippen MR) is 95.2 cm³/mol. The van der Waals surface area contributed by atoms with Gasteiger partial charge in [-0.2, -0.15) is 4.73 Å². The number of aryl methyl sites for hydroxylation is 1. The number of imidazole rings is 1. The van der Waals surface area contributed by atoms with Gasteiger partial charge in [0.15, 0.2) is 0 Å². The zero-order valence-electron chi connectivity index (χ0n) is 13.3. The molecule has 0 bridgehead atoms. The molecular formula is C20H20N2O. The van der Waals surface area contributed by atoms with Gasteiger partial charge in [-0.15, -0.1) is 0 Å². The van der Waals surface area contributed by atoms with Crippen LogP contribution in [0.3, 0.4) is 0 Å². The Morgan fingerprint density at radius 2 is 1.74 bits per heavy atom. The Bertz CT molecular complexity index is 1000. The van der Waals surface area contributed by atoms with E-state index in [0.717, 1.165) is 41.5 Å². The second kappa shape index (κ2) is 5.58. The van der Waals surface area contributed by atoms with Crippen molar-refractivity contribution in [2.75, 3.05) is 0 Å². The van der Waals surface area contributed by atoms with Gasteiger partial charge in [-0.3, -0.25) is 0 Å². The van der Waals surface area contributed by atoms with Crippen molar-refractivity contribution in [2.24, 2.45) is 0 Å². The molecule has 0 radical (unpaired) electrons. The van der Waals surface area contributed by atoms with Crippen molar-refractivity contribution < 1.29 is 5.21 Å². The van der Waals surface area contributed by atoms with E-state index in [1.54, 1.807) is 0 Å². The van der Waals surface area contributed by atoms with E-state index in [9.17, 15) is 5.21 Å². The van der Waals surface area contributed by atoms with Crippen molar-refractivity contribution in [2.45, 2.75) is 32.6 Å². The van der Waals surface area contributed by atoms with Gasteiger partial charge >= 0.3 is 0 Å². The number of nitrogens with zero attached hydrogens (tertiary/aromatic N) is 2. The minimum Gasteiger partial charge on any atom is -0.427 e. The van der Waals surface area contributed by atoms with Gasteiger partial charge < -0.3 is 5.21 Å². The van der Waals surface area contributed by atoms with E-state index >= 15 is 0 Å². The molecule has 4 rings (SSSR count). The second-order valence-electron chi connectivity index (χ2n) is 6.11. The fourth-order valence-corrected chi connectivity index (χ4v) is 3.36. The molecule has 0 aliphatic rings. The van der Waals surface area contributed by atoms with Crippen LogP contribution in [0.1, 0.15) is 32.0 Å². The second-order valence-corrected chi connectivity index (χ2v) is 6.11. The summed E-state index contributed by atoms with van der Waals surface area (Å²) >= 11 is 0. The number of fused-ring (bicyclic) bond motifs is 5. The van der Waals surface area contributed by atoms with Crippen molar-refractivity contribution >= 4 is 32.6 Å². The van der Waals surface area contributed by atoms with Crippen LogP contribution in [0.2, 0.25) is 0 Å². The summed E-state index contributed by atoms with van der Waals surface area (Å²) in [5.74, 6) is 0.758. The molecule has 0 fully saturated rings. The lowest BCUT2D eigenvalue weighted by molar-refractivity contribution is 0.187. The normalized spacial score (nSPS) is 11.7. The molecule has 4 aromatic rings. The largest absolute Gasteiger partial charge is 0.427 e. The molecule has 1 heterocycles. The molecule has 1 N–H and O–H groups in total. The molecule has 1 aromatic heterocycles. The van der Waals surface area contributed by atoms with Gasteiger partial charge in [0.1, 0.15) is 16.9 Å². The summed E-state index contributed by atoms with van der Waals surface area (Å²) in [4.78, 5) is 4.73. The predicted octanol–water partition coefficient (Wildman–Crippen LogP) is 5.31. The van der Waals surface area contributed by atoms with E-state index in [2.05, 4.69) is 49.4 Å². The summed E-state index contributed by atoms with van der Waals surface area (Å²) in [7, 11) is 0. The first-order chi connectivity index (χ1) is 11.3. The van der Waals surface area contributed by atoms with Crippen LogP contribution in [-0.2, 0) is 6.42 Å². The monoisotopic (exact) mass is 304 g/mol. The van der Waals surface area contributed by atoms with Gasteiger partial charge in [0.05, 0.1) is 0 Å². The van der Waals surface area contributed by atoms with Crippen LogP contribution < -0.4 is 0 Å². The number of aromatic nitrogens is 2. The van der Waals surface area contributed by atoms with E-state index in [1.807, 2.05) is 6.07 Å². The maximum absolute atomic E-state index is 10.4. The Morgan fingerprint density at radius 1 is 0.913 bits per heavy atom. The number of rotatable bonds is 4. The number of hydrogen-bond donors (Lipinski definition) is 1. The summed E-state index contributed by atoms with van der Waals surface area (Å²) in [6.07, 6.45) is 4.20. The van der Waals surface area contributed by atoms with Crippen LogP contribution in [0.25, 0.3) is 32.6 Å². The number of hydrogen-bond acceptors (Lipinski definition) is 2. The molecule has 0 spiro atoms. The fourth-order valence-electron chi connectivity index (χ4n) is 3.36. The van der Waals surface area contributed by atoms with E-state index in [1.165, 1.54) is 27.3 Å². The molecule has 0 aliphatic carbocycles. The van der Waals surface area contributed by atoms with Crippen molar-refractivity contribution in [3.8, 4) is 0 Å². The zero-order valence-corrected chi connectivity index (χ0v) is 13.3. The van der Waals surface area contributed by atoms with Crippen molar-refractivity contribution in [1.29, 1.82) is 0 Å². The van der Waals surface area contributed by atoms with Gasteiger partial charge in [-0.1, -0.05) is 62.2 Å². The first kappa shape index (κ1) is 14.1. The van der Waals surface area contributed by atoms with Gasteiger partial charge in [-0.05, 0) is 28.6 Å². The molecule has 23 heavy (non-hydrogen) atoms. The van der Waals surface area contributed by atoms with Crippen molar-refractivity contribution in [3.05, 3.63) is 54.4 Å². The highest BCUT2D eigenvalue weighted by Gasteiger charge is 2.13. The Balaban J connectivity index is 1.94. The molecule has 3 aromatic carbocycles. The summed E-state index contributed by atoms with van der Waals surface area (Å²) < 4.78 is 1.26. The standard InChI is InChI=1S/C20H20N2O/c1-2-3-4-9-19-21-20-17-11-10-14-7-5-6-8-15(14)16(17)12-13-18(20)22(19)23/h5-8,10-13,23H,2-4,9H2,1H3. The summed E-state index contributed by atoms with van der Waals surface area (Å²) in [6, 6.07) is 16.7. The topological polar surface area (TPSA) is 38.0 Å². The first-order valence-electron chi connectivity index (χ1n) is 8.30. The van der Waals surface area contributed by atoms with Crippen molar-refractivity contribution in [1.82, 2.24) is 9.71 Å². The molecule has 0 saturated heterocycles. The third-order valence-corrected chi connectivity index (χ3v) is 4.59. The minimum absolute atomic E-state index is 0.758. The van der Waals surface area contributed by atoms with Crippen LogP contribution in [0.15, 0.2) is 48.5 Å². The van der Waals surface area contributed by atoms with Crippen LogP contribution >= 0.6 is 0 Å². The van der Waals surface area contributed by atoms with Gasteiger partial charge in [0, 0.05) is 11.8 Å². The van der Waals surface area contributed by atoms with E-state index < -0.39 is 0 Å². The highest BCUT2D eigenvalue weighted by Crippen LogP contribution is 2.31. The average Bonchev–Trinajstić information content (AvgIpc) is 2.91. The lowest BCUT2D eigenvalue weighted by atomic mass is 10.0. The van der Waals surface area contributed by atoms with Crippen LogP contribution in [0.5, 0.6) is 0 Å². The van der Waals surface area contributed by atoms with Crippen LogP contribution in [0.4, 0.5) is 0 Å². The molecular weight excluding hydrogens is 284 g/mol. The smallest absolute Gasteiger partial charge is 0.145 e. The minimum atomic E-state index is 0.758. The quantitative estimate of drug-likeness (QED) is 0.315. The average molecular weight is 304 g/mol. The van der Waals surface area contributed by atoms with Crippen molar-refractivity contribution in [3.63, 3.8) is 0 Å². The molecule has 116 valence electrons. The third-order valence-electron chi connectivity index (χ3n) is 4.59. The Labute approximate surface area is 135 Å². The maximum atomic E-state index is 10.4. The van der Waals surface area contributed by atoms with E-state index in [4.69, 9.17) is 4.98 Å². The summed E-state index contributed by atoms with van der Waals surface area (Å²) in [5.41, 5.74) is 1.68. The van der Waals surface area contributed by atoms with Gasteiger partial charge in [0.25, 0.3) is 0 Å². The number of unbranched alkanes of at least 4 members (excludes halogenated alkanes) is 2. The fraction of sp³-hybridized carbons (Fsp3) is 0.250.